The third-order valence-corrected chi connectivity index (χ3v) is 6.35. The first-order valence-electron chi connectivity index (χ1n) is 9.26. The topological polar surface area (TPSA) is 126 Å². The number of benzene rings is 2. The molecule has 0 saturated carbocycles. The van der Waals surface area contributed by atoms with Gasteiger partial charge in [0.1, 0.15) is 11.6 Å². The van der Waals surface area contributed by atoms with Gasteiger partial charge in [-0.3, -0.25) is 14.8 Å². The second-order valence-corrected chi connectivity index (χ2v) is 8.93. The fourth-order valence-corrected chi connectivity index (χ4v) is 3.95. The van der Waals surface area contributed by atoms with Crippen LogP contribution in [0, 0.1) is 5.41 Å². The molecule has 3 rings (SSSR count). The number of carbonyl (C=O) groups excluding carboxylic acids is 1. The number of aryl methyl sites for hydroxylation is 1. The average molecular weight is 429 g/mol. The van der Waals surface area contributed by atoms with Gasteiger partial charge in [-0.1, -0.05) is 24.3 Å². The van der Waals surface area contributed by atoms with Crippen molar-refractivity contribution >= 4 is 30.6 Å². The molecule has 1 aliphatic rings. The number of amidine groups is 1. The molecule has 1 atom stereocenters. The summed E-state index contributed by atoms with van der Waals surface area (Å²) in [5, 5.41) is 7.49. The van der Waals surface area contributed by atoms with Crippen molar-refractivity contribution in [3.8, 4) is 0 Å². The molecule has 1 aliphatic heterocycles. The lowest BCUT2D eigenvalue weighted by atomic mass is 10.0. The Morgan fingerprint density at radius 1 is 1.17 bits per heavy atom. The highest BCUT2D eigenvalue weighted by Crippen LogP contribution is 2.41. The molecule has 0 bridgehead atoms. The van der Waals surface area contributed by atoms with Crippen LogP contribution in [-0.2, 0) is 25.0 Å². The number of ether oxygens (including phenoxy) is 1. The molecule has 2 aromatic rings. The largest absolute Gasteiger partial charge is 0.498 e. The molecule has 0 radical (unpaired) electrons. The number of amides is 1. The van der Waals surface area contributed by atoms with Gasteiger partial charge in [-0.15, -0.1) is 0 Å². The second-order valence-electron chi connectivity index (χ2n) is 6.84. The van der Waals surface area contributed by atoms with Gasteiger partial charge in [-0.2, -0.15) is 0 Å². The number of nitrogens with one attached hydrogen (secondary N) is 1. The maximum atomic E-state index is 13.1. The summed E-state index contributed by atoms with van der Waals surface area (Å²) in [6.45, 7) is 0.299. The van der Waals surface area contributed by atoms with E-state index in [1.807, 2.05) is 12.1 Å². The van der Waals surface area contributed by atoms with E-state index in [0.29, 0.717) is 41.1 Å². The third kappa shape index (κ3) is 4.62. The smallest absolute Gasteiger partial charge is 0.328 e. The van der Waals surface area contributed by atoms with E-state index in [4.69, 9.17) is 15.9 Å². The number of methoxy groups -OCH3 is 1. The van der Waals surface area contributed by atoms with Crippen LogP contribution in [0.2, 0.25) is 0 Å². The highest BCUT2D eigenvalue weighted by molar-refractivity contribution is 7.52. The van der Waals surface area contributed by atoms with Crippen molar-refractivity contribution in [1.29, 1.82) is 5.41 Å². The molecule has 4 N–H and O–H groups in total. The highest BCUT2D eigenvalue weighted by atomic mass is 31.2. The lowest BCUT2D eigenvalue weighted by Gasteiger charge is -2.17. The van der Waals surface area contributed by atoms with Crippen LogP contribution in [0.15, 0.2) is 54.3 Å². The molecule has 158 valence electrons. The number of rotatable bonds is 8. The van der Waals surface area contributed by atoms with Gasteiger partial charge in [0.2, 0.25) is 0 Å². The number of nitrogens with zero attached hydrogens (tertiary/aromatic N) is 1. The Morgan fingerprint density at radius 3 is 2.33 bits per heavy atom. The predicted octanol–water partition coefficient (Wildman–Crippen LogP) is 2.75. The van der Waals surface area contributed by atoms with Crippen molar-refractivity contribution in [3.63, 3.8) is 0 Å². The number of nitrogens with two attached hydrogens (primary N) is 1. The summed E-state index contributed by atoms with van der Waals surface area (Å²) in [4.78, 5) is 24.3. The number of nitrogen functional groups attached to an aromatic ring is 1. The summed E-state index contributed by atoms with van der Waals surface area (Å²) >= 11 is 0. The number of hydrogen-bond donors (Lipinski definition) is 3. The van der Waals surface area contributed by atoms with E-state index >= 15 is 0 Å². The van der Waals surface area contributed by atoms with E-state index < -0.39 is 7.60 Å². The van der Waals surface area contributed by atoms with Crippen molar-refractivity contribution in [2.24, 2.45) is 5.73 Å². The van der Waals surface area contributed by atoms with Gasteiger partial charge in [0.05, 0.1) is 25.4 Å². The Hall–Kier alpha value is -2.93. The van der Waals surface area contributed by atoms with E-state index in [2.05, 4.69) is 4.52 Å². The normalized spacial score (nSPS) is 16.0. The third-order valence-electron chi connectivity index (χ3n) is 4.99. The van der Waals surface area contributed by atoms with E-state index in [-0.39, 0.29) is 17.9 Å². The molecule has 2 aromatic carbocycles. The zero-order valence-corrected chi connectivity index (χ0v) is 17.7. The Balaban J connectivity index is 1.80. The Labute approximate surface area is 175 Å². The number of carbonyl (C=O) groups is 1. The van der Waals surface area contributed by atoms with Gasteiger partial charge < -0.3 is 24.8 Å². The molecular formula is C21H24N3O5P. The predicted molar refractivity (Wildman–Crippen MR) is 116 cm³/mol. The van der Waals surface area contributed by atoms with Gasteiger partial charge in [-0.25, -0.2) is 0 Å². The highest BCUT2D eigenvalue weighted by Gasteiger charge is 2.33. The van der Waals surface area contributed by atoms with Crippen LogP contribution in [0.5, 0.6) is 0 Å². The van der Waals surface area contributed by atoms with Crippen LogP contribution in [0.3, 0.4) is 0 Å². The SMILES string of the molecule is COC1=C(c2ccc(CCP(=O)(O)OC)cc2)C(=O)N(c2ccc(C(=N)N)cc2)C1. The van der Waals surface area contributed by atoms with Crippen LogP contribution in [0.4, 0.5) is 5.69 Å². The van der Waals surface area contributed by atoms with Crippen LogP contribution in [0.1, 0.15) is 16.7 Å². The molecule has 9 heteroatoms. The molecule has 0 spiro atoms. The molecule has 1 amide bonds. The molecule has 0 aromatic heterocycles. The van der Waals surface area contributed by atoms with Gasteiger partial charge in [0.15, 0.2) is 0 Å². The minimum absolute atomic E-state index is 0.0256. The standard InChI is InChI=1S/C21H24N3O5P/c1-28-18-13-24(17-9-7-16(8-10-17)20(22)23)21(25)19(18)15-5-3-14(4-6-15)11-12-30(26,27)29-2/h3-10H,11-13H2,1-2H3,(H3,22,23)(H,26,27). The molecule has 0 aliphatic carbocycles. The molecule has 30 heavy (non-hydrogen) atoms. The zero-order valence-electron chi connectivity index (χ0n) is 16.8. The van der Waals surface area contributed by atoms with Gasteiger partial charge in [-0.05, 0) is 41.8 Å². The van der Waals surface area contributed by atoms with Gasteiger partial charge >= 0.3 is 7.60 Å². The summed E-state index contributed by atoms with van der Waals surface area (Å²) in [6, 6.07) is 14.1. The first kappa shape index (κ1) is 21.8. The zero-order chi connectivity index (χ0) is 21.9. The lowest BCUT2D eigenvalue weighted by Crippen LogP contribution is -2.26. The Morgan fingerprint density at radius 2 is 1.80 bits per heavy atom. The van der Waals surface area contributed by atoms with Crippen LogP contribution < -0.4 is 10.6 Å². The molecule has 1 unspecified atom stereocenters. The Bertz CT molecular complexity index is 1030. The molecular weight excluding hydrogens is 405 g/mol. The van der Waals surface area contributed by atoms with E-state index in [1.54, 1.807) is 41.3 Å². The average Bonchev–Trinajstić information content (AvgIpc) is 3.09. The first-order chi connectivity index (χ1) is 14.3. The summed E-state index contributed by atoms with van der Waals surface area (Å²) in [5.41, 5.74) is 8.81. The van der Waals surface area contributed by atoms with Crippen molar-refractivity contribution in [2.45, 2.75) is 6.42 Å². The van der Waals surface area contributed by atoms with Crippen LogP contribution in [-0.4, -0.2) is 43.6 Å². The number of anilines is 1. The fourth-order valence-electron chi connectivity index (χ4n) is 3.23. The Kier molecular flexibility index (Phi) is 6.41. The van der Waals surface area contributed by atoms with Gasteiger partial charge in [0.25, 0.3) is 5.91 Å². The van der Waals surface area contributed by atoms with Crippen LogP contribution in [0.25, 0.3) is 5.57 Å². The monoisotopic (exact) mass is 429 g/mol. The maximum absolute atomic E-state index is 13.1. The van der Waals surface area contributed by atoms with Crippen molar-refractivity contribution in [1.82, 2.24) is 0 Å². The lowest BCUT2D eigenvalue weighted by molar-refractivity contribution is -0.112. The minimum Gasteiger partial charge on any atom is -0.498 e. The van der Waals surface area contributed by atoms with Crippen molar-refractivity contribution < 1.29 is 23.5 Å². The van der Waals surface area contributed by atoms with Gasteiger partial charge in [0, 0.05) is 18.4 Å². The molecule has 0 saturated heterocycles. The molecule has 0 fully saturated rings. The van der Waals surface area contributed by atoms with Crippen molar-refractivity contribution in [2.75, 3.05) is 31.8 Å². The number of hydrogen-bond acceptors (Lipinski definition) is 5. The molecule has 8 nitrogen and oxygen atoms in total. The molecule has 1 heterocycles. The van der Waals surface area contributed by atoms with E-state index in [0.717, 1.165) is 5.56 Å². The van der Waals surface area contributed by atoms with Crippen LogP contribution >= 0.6 is 7.60 Å². The maximum Gasteiger partial charge on any atom is 0.328 e. The summed E-state index contributed by atoms with van der Waals surface area (Å²) in [5.74, 6) is 0.339. The summed E-state index contributed by atoms with van der Waals surface area (Å²) < 4.78 is 21.7. The first-order valence-corrected chi connectivity index (χ1v) is 11.0. The summed E-state index contributed by atoms with van der Waals surface area (Å²) in [7, 11) is -0.813. The van der Waals surface area contributed by atoms with E-state index in [9.17, 15) is 14.3 Å². The van der Waals surface area contributed by atoms with E-state index in [1.165, 1.54) is 14.2 Å². The second kappa shape index (κ2) is 8.83. The minimum atomic E-state index is -3.56. The fraction of sp³-hybridized carbons (Fsp3) is 0.238. The van der Waals surface area contributed by atoms with Crippen molar-refractivity contribution in [3.05, 3.63) is 71.0 Å². The quantitative estimate of drug-likeness (QED) is 0.337. The summed E-state index contributed by atoms with van der Waals surface area (Å²) in [6.07, 6.45) is 0.415.